The van der Waals surface area contributed by atoms with Crippen LogP contribution in [0.15, 0.2) is 48.5 Å². The van der Waals surface area contributed by atoms with Gasteiger partial charge in [0.15, 0.2) is 0 Å². The van der Waals surface area contributed by atoms with Gasteiger partial charge in [-0.1, -0.05) is 30.3 Å². The van der Waals surface area contributed by atoms with Gasteiger partial charge in [0.25, 0.3) is 5.91 Å². The molecule has 0 saturated carbocycles. The van der Waals surface area contributed by atoms with Gasteiger partial charge in [-0.25, -0.2) is 0 Å². The van der Waals surface area contributed by atoms with E-state index in [2.05, 4.69) is 10.6 Å². The number of hydrogen-bond donors (Lipinski definition) is 3. The van der Waals surface area contributed by atoms with Crippen LogP contribution < -0.4 is 15.5 Å². The molecule has 0 aromatic heterocycles. The maximum absolute atomic E-state index is 12.3. The first-order valence-electron chi connectivity index (χ1n) is 8.20. The molecule has 0 radical (unpaired) electrons. The molecule has 26 heavy (non-hydrogen) atoms. The molecule has 1 atom stereocenters. The molecule has 7 heteroatoms. The Bertz CT molecular complexity index is 848. The molecule has 0 aliphatic carbocycles. The van der Waals surface area contributed by atoms with Crippen LogP contribution in [0.1, 0.15) is 17.2 Å². The molecule has 1 heterocycles. The molecule has 7 nitrogen and oxygen atoms in total. The van der Waals surface area contributed by atoms with Crippen molar-refractivity contribution in [3.63, 3.8) is 0 Å². The molecule has 1 unspecified atom stereocenters. The zero-order chi connectivity index (χ0) is 18.7. The van der Waals surface area contributed by atoms with Crippen molar-refractivity contribution in [1.29, 1.82) is 0 Å². The number of anilines is 1. The van der Waals surface area contributed by atoms with E-state index in [4.69, 9.17) is 0 Å². The monoisotopic (exact) mass is 353 g/mol. The lowest BCUT2D eigenvalue weighted by molar-refractivity contribution is -0.140. The summed E-state index contributed by atoms with van der Waals surface area (Å²) >= 11 is 0. The maximum Gasteiger partial charge on any atom is 0.310 e. The number of carbonyl (C=O) groups excluding carboxylic acids is 3. The predicted octanol–water partition coefficient (Wildman–Crippen LogP) is 0.885. The lowest BCUT2D eigenvalue weighted by atomic mass is 10.1. The van der Waals surface area contributed by atoms with Gasteiger partial charge in [-0.05, 0) is 30.2 Å². The first-order chi connectivity index (χ1) is 12.5. The molecule has 1 aliphatic heterocycles. The third-order valence-corrected chi connectivity index (χ3v) is 4.30. The Hall–Kier alpha value is -3.35. The molecule has 0 bridgehead atoms. The van der Waals surface area contributed by atoms with E-state index in [1.54, 1.807) is 49.5 Å². The summed E-state index contributed by atoms with van der Waals surface area (Å²) in [5.74, 6) is -1.75. The minimum atomic E-state index is -0.855. The number of phenols is 1. The van der Waals surface area contributed by atoms with Crippen LogP contribution in [0.2, 0.25) is 0 Å². The third kappa shape index (κ3) is 3.51. The van der Waals surface area contributed by atoms with Crippen LogP contribution in [0, 0.1) is 0 Å². The number of carbonyl (C=O) groups is 3. The molecule has 2 aromatic carbocycles. The van der Waals surface area contributed by atoms with Crippen LogP contribution in [0.3, 0.4) is 0 Å². The number of amides is 3. The summed E-state index contributed by atoms with van der Waals surface area (Å²) in [7, 11) is 1.63. The molecule has 3 N–H and O–H groups in total. The van der Waals surface area contributed by atoms with Gasteiger partial charge in [0.1, 0.15) is 11.8 Å². The van der Waals surface area contributed by atoms with Gasteiger partial charge in [-0.15, -0.1) is 0 Å². The van der Waals surface area contributed by atoms with E-state index >= 15 is 0 Å². The van der Waals surface area contributed by atoms with Crippen molar-refractivity contribution in [3.05, 3.63) is 59.7 Å². The number of para-hydroxylation sites is 1. The highest BCUT2D eigenvalue weighted by atomic mass is 16.3. The Morgan fingerprint density at radius 3 is 2.50 bits per heavy atom. The van der Waals surface area contributed by atoms with E-state index in [1.807, 2.05) is 6.07 Å². The first-order valence-corrected chi connectivity index (χ1v) is 8.20. The van der Waals surface area contributed by atoms with Gasteiger partial charge in [-0.3, -0.25) is 14.4 Å². The number of nitrogens with one attached hydrogen (secondary N) is 2. The molecule has 0 fully saturated rings. The summed E-state index contributed by atoms with van der Waals surface area (Å²) in [6.07, 6.45) is 0.521. The average molecular weight is 353 g/mol. The van der Waals surface area contributed by atoms with E-state index < -0.39 is 17.9 Å². The highest BCUT2D eigenvalue weighted by Crippen LogP contribution is 2.34. The predicted molar refractivity (Wildman–Crippen MR) is 95.6 cm³/mol. The van der Waals surface area contributed by atoms with Gasteiger partial charge in [-0.2, -0.15) is 0 Å². The molecule has 0 spiro atoms. The quantitative estimate of drug-likeness (QED) is 0.711. The van der Waals surface area contributed by atoms with Crippen molar-refractivity contribution in [2.45, 2.75) is 12.5 Å². The second-order valence-corrected chi connectivity index (χ2v) is 6.03. The fourth-order valence-corrected chi connectivity index (χ4v) is 2.88. The van der Waals surface area contributed by atoms with Gasteiger partial charge in [0, 0.05) is 24.8 Å². The van der Waals surface area contributed by atoms with Crippen LogP contribution in [0.25, 0.3) is 0 Å². The summed E-state index contributed by atoms with van der Waals surface area (Å²) < 4.78 is 0. The Morgan fingerprint density at radius 2 is 1.77 bits per heavy atom. The third-order valence-electron chi connectivity index (χ3n) is 4.30. The number of fused-ring (bicyclic) bond motifs is 1. The summed E-state index contributed by atoms with van der Waals surface area (Å²) in [5.41, 5.74) is 2.31. The van der Waals surface area contributed by atoms with Gasteiger partial charge in [0.05, 0.1) is 0 Å². The SMILES string of the molecule is CN1C(=O)C(NC(=O)C(=O)NCCc2ccc(O)cc2)c2ccccc21. The van der Waals surface area contributed by atoms with Gasteiger partial charge in [0.2, 0.25) is 0 Å². The van der Waals surface area contributed by atoms with Crippen LogP contribution >= 0.6 is 0 Å². The lowest BCUT2D eigenvalue weighted by Crippen LogP contribution is -2.44. The normalized spacial score (nSPS) is 15.5. The maximum atomic E-state index is 12.3. The van der Waals surface area contributed by atoms with Crippen molar-refractivity contribution in [1.82, 2.24) is 10.6 Å². The van der Waals surface area contributed by atoms with E-state index in [-0.39, 0.29) is 18.2 Å². The van der Waals surface area contributed by atoms with Crippen LogP contribution in [0.5, 0.6) is 5.75 Å². The van der Waals surface area contributed by atoms with Crippen LogP contribution in [-0.2, 0) is 20.8 Å². The fraction of sp³-hybridized carbons (Fsp3) is 0.211. The number of benzene rings is 2. The number of phenolic OH excluding ortho intramolecular Hbond substituents is 1. The molecular formula is C19H19N3O4. The smallest absolute Gasteiger partial charge is 0.310 e. The number of hydrogen-bond acceptors (Lipinski definition) is 4. The van der Waals surface area contributed by atoms with E-state index in [1.165, 1.54) is 4.90 Å². The standard InChI is InChI=1S/C19H19N3O4/c1-22-15-5-3-2-4-14(15)16(19(22)26)21-18(25)17(24)20-11-10-12-6-8-13(23)9-7-12/h2-9,16,23H,10-11H2,1H3,(H,20,24)(H,21,25). The van der Waals surface area contributed by atoms with E-state index in [9.17, 15) is 19.5 Å². The summed E-state index contributed by atoms with van der Waals surface area (Å²) in [6, 6.07) is 12.9. The largest absolute Gasteiger partial charge is 0.508 e. The Balaban J connectivity index is 1.55. The molecule has 134 valence electrons. The van der Waals surface area contributed by atoms with Crippen molar-refractivity contribution in [3.8, 4) is 5.75 Å². The lowest BCUT2D eigenvalue weighted by Gasteiger charge is -2.13. The highest BCUT2D eigenvalue weighted by Gasteiger charge is 2.36. The average Bonchev–Trinajstić information content (AvgIpc) is 2.88. The zero-order valence-electron chi connectivity index (χ0n) is 14.2. The second kappa shape index (κ2) is 7.26. The van der Waals surface area contributed by atoms with E-state index in [0.717, 1.165) is 11.3 Å². The second-order valence-electron chi connectivity index (χ2n) is 6.03. The molecular weight excluding hydrogens is 334 g/mol. The van der Waals surface area contributed by atoms with Crippen molar-refractivity contribution in [2.75, 3.05) is 18.5 Å². The number of rotatable bonds is 4. The van der Waals surface area contributed by atoms with Crippen molar-refractivity contribution >= 4 is 23.4 Å². The minimum absolute atomic E-state index is 0.170. The van der Waals surface area contributed by atoms with Crippen molar-refractivity contribution < 1.29 is 19.5 Å². The Morgan fingerprint density at radius 1 is 1.08 bits per heavy atom. The van der Waals surface area contributed by atoms with Gasteiger partial charge >= 0.3 is 11.8 Å². The molecule has 1 aliphatic rings. The Kier molecular flexibility index (Phi) is 4.88. The molecule has 3 amide bonds. The minimum Gasteiger partial charge on any atom is -0.508 e. The van der Waals surface area contributed by atoms with Crippen LogP contribution in [-0.4, -0.2) is 36.4 Å². The van der Waals surface area contributed by atoms with Crippen molar-refractivity contribution in [2.24, 2.45) is 0 Å². The summed E-state index contributed by atoms with van der Waals surface area (Å²) in [5, 5.41) is 14.3. The van der Waals surface area contributed by atoms with Gasteiger partial charge < -0.3 is 20.6 Å². The van der Waals surface area contributed by atoms with E-state index in [0.29, 0.717) is 12.0 Å². The highest BCUT2D eigenvalue weighted by molar-refractivity contribution is 6.35. The van der Waals surface area contributed by atoms with Crippen LogP contribution in [0.4, 0.5) is 5.69 Å². The molecule has 0 saturated heterocycles. The Labute approximate surface area is 150 Å². The summed E-state index contributed by atoms with van der Waals surface area (Å²) in [4.78, 5) is 37.9. The summed E-state index contributed by atoms with van der Waals surface area (Å²) in [6.45, 7) is 0.270. The topological polar surface area (TPSA) is 98.7 Å². The number of aromatic hydroxyl groups is 1. The first kappa shape index (κ1) is 17.5. The molecule has 2 aromatic rings. The molecule has 3 rings (SSSR count). The number of likely N-dealkylation sites (N-methyl/N-ethyl adjacent to an activating group) is 1. The fourth-order valence-electron chi connectivity index (χ4n) is 2.88. The zero-order valence-corrected chi connectivity index (χ0v) is 14.2. The number of nitrogens with zero attached hydrogens (tertiary/aromatic N) is 1.